The highest BCUT2D eigenvalue weighted by Crippen LogP contribution is 2.27. The molecule has 0 bridgehead atoms. The number of hydrogen-bond acceptors (Lipinski definition) is 7. The van der Waals surface area contributed by atoms with Gasteiger partial charge in [0.05, 0.1) is 11.6 Å². The van der Waals surface area contributed by atoms with Crippen LogP contribution in [0.3, 0.4) is 0 Å². The van der Waals surface area contributed by atoms with Gasteiger partial charge < -0.3 is 14.8 Å². The maximum absolute atomic E-state index is 13.3. The molecule has 0 aliphatic rings. The van der Waals surface area contributed by atoms with Crippen LogP contribution in [0.1, 0.15) is 23.9 Å². The Morgan fingerprint density at radius 3 is 2.29 bits per heavy atom. The Balaban J connectivity index is 1.28. The normalized spacial score (nSPS) is 11.7. The Kier molecular flexibility index (Phi) is 10.1. The van der Waals surface area contributed by atoms with Gasteiger partial charge >= 0.3 is 0 Å². The number of hydrogen-bond donors (Lipinski definition) is 2. The molecule has 0 aliphatic heterocycles. The van der Waals surface area contributed by atoms with Gasteiger partial charge in [-0.05, 0) is 73.5 Å². The second-order valence-electron chi connectivity index (χ2n) is 9.57. The zero-order chi connectivity index (χ0) is 29.0. The second-order valence-corrected chi connectivity index (χ2v) is 9.98. The van der Waals surface area contributed by atoms with Crippen molar-refractivity contribution in [1.29, 1.82) is 0 Å². The van der Waals surface area contributed by atoms with Crippen molar-refractivity contribution in [1.82, 2.24) is 25.5 Å². The zero-order valence-corrected chi connectivity index (χ0v) is 23.7. The van der Waals surface area contributed by atoms with Crippen molar-refractivity contribution >= 4 is 23.2 Å². The van der Waals surface area contributed by atoms with Crippen molar-refractivity contribution < 1.29 is 14.3 Å². The Labute approximate surface area is 249 Å². The minimum Gasteiger partial charge on any atom is -0.490 e. The third kappa shape index (κ3) is 8.39. The van der Waals surface area contributed by atoms with Crippen LogP contribution in [0.25, 0.3) is 0 Å². The van der Waals surface area contributed by atoms with Gasteiger partial charge in [0.15, 0.2) is 5.82 Å². The maximum atomic E-state index is 13.3. The molecule has 9 nitrogen and oxygen atoms in total. The first-order chi connectivity index (χ1) is 20.6. The lowest BCUT2D eigenvalue weighted by molar-refractivity contribution is -0.118. The van der Waals surface area contributed by atoms with Crippen molar-refractivity contribution in [3.05, 3.63) is 126 Å². The number of tetrazole rings is 1. The first kappa shape index (κ1) is 28.8. The summed E-state index contributed by atoms with van der Waals surface area (Å²) < 4.78 is 12.0. The summed E-state index contributed by atoms with van der Waals surface area (Å²) in [6.45, 7) is 0.854. The number of halogens is 1. The fraction of sp³-hybridized carbons (Fsp3) is 0.188. The molecule has 0 spiro atoms. The standard InChI is InChI=1S/C32H31ClN6O3/c33-28-15-7-8-16-30(28)41-23-29(32-35-37-38-36-32)39(21-9-12-24-10-3-1-4-11-24)22-31(40)34-25-17-19-27(20-18-25)42-26-13-5-2-6-14-26/h1-8,10-11,13-20,29H,9,12,21-23H2,(H,34,40)(H,35,36,37,38). The van der Waals surface area contributed by atoms with Crippen LogP contribution in [0.2, 0.25) is 5.02 Å². The van der Waals surface area contributed by atoms with Gasteiger partial charge in [-0.25, -0.2) is 0 Å². The number of carbonyl (C=O) groups is 1. The van der Waals surface area contributed by atoms with E-state index >= 15 is 0 Å². The van der Waals surface area contributed by atoms with Crippen LogP contribution in [0.5, 0.6) is 17.2 Å². The highest BCUT2D eigenvalue weighted by molar-refractivity contribution is 6.32. The largest absolute Gasteiger partial charge is 0.490 e. The average Bonchev–Trinajstić information content (AvgIpc) is 3.55. The zero-order valence-electron chi connectivity index (χ0n) is 22.9. The summed E-state index contributed by atoms with van der Waals surface area (Å²) in [7, 11) is 0. The fourth-order valence-corrected chi connectivity index (χ4v) is 4.67. The predicted molar refractivity (Wildman–Crippen MR) is 162 cm³/mol. The Hall–Kier alpha value is -4.73. The molecule has 1 aromatic heterocycles. The monoisotopic (exact) mass is 582 g/mol. The number of para-hydroxylation sites is 2. The fourth-order valence-electron chi connectivity index (χ4n) is 4.48. The molecule has 1 heterocycles. The minimum atomic E-state index is -0.455. The maximum Gasteiger partial charge on any atom is 0.238 e. The number of H-pyrrole nitrogens is 1. The molecule has 1 amide bonds. The van der Waals surface area contributed by atoms with Crippen molar-refractivity contribution in [2.24, 2.45) is 0 Å². The number of amides is 1. The van der Waals surface area contributed by atoms with Gasteiger partial charge in [0.1, 0.15) is 29.9 Å². The van der Waals surface area contributed by atoms with Crippen LogP contribution in [-0.2, 0) is 11.2 Å². The number of rotatable bonds is 14. The van der Waals surface area contributed by atoms with E-state index in [1.165, 1.54) is 5.56 Å². The summed E-state index contributed by atoms with van der Waals surface area (Å²) in [5.41, 5.74) is 1.89. The molecular weight excluding hydrogens is 552 g/mol. The first-order valence-electron chi connectivity index (χ1n) is 13.7. The van der Waals surface area contributed by atoms with E-state index in [9.17, 15) is 4.79 Å². The number of benzene rings is 4. The summed E-state index contributed by atoms with van der Waals surface area (Å²) in [5.74, 6) is 2.20. The molecule has 214 valence electrons. The van der Waals surface area contributed by atoms with E-state index in [2.05, 4.69) is 38.1 Å². The Bertz CT molecular complexity index is 1520. The van der Waals surface area contributed by atoms with Crippen LogP contribution in [0.4, 0.5) is 5.69 Å². The summed E-state index contributed by atoms with van der Waals surface area (Å²) in [6, 6.07) is 33.8. The smallest absolute Gasteiger partial charge is 0.238 e. The molecule has 42 heavy (non-hydrogen) atoms. The van der Waals surface area contributed by atoms with Crippen LogP contribution in [0, 0.1) is 0 Å². The SMILES string of the molecule is O=C(CN(CCCc1ccccc1)C(COc1ccccc1Cl)c1nn[nH]n1)Nc1ccc(Oc2ccccc2)cc1. The average molecular weight is 583 g/mol. The number of aromatic amines is 1. The summed E-state index contributed by atoms with van der Waals surface area (Å²) >= 11 is 6.33. The van der Waals surface area contributed by atoms with Crippen LogP contribution < -0.4 is 14.8 Å². The van der Waals surface area contributed by atoms with Gasteiger partial charge in [-0.2, -0.15) is 5.21 Å². The summed E-state index contributed by atoms with van der Waals surface area (Å²) in [5, 5.41) is 18.2. The van der Waals surface area contributed by atoms with E-state index < -0.39 is 6.04 Å². The minimum absolute atomic E-state index is 0.0855. The lowest BCUT2D eigenvalue weighted by atomic mass is 10.1. The third-order valence-corrected chi connectivity index (χ3v) is 6.86. The third-order valence-electron chi connectivity index (χ3n) is 6.55. The van der Waals surface area contributed by atoms with Crippen LogP contribution in [-0.4, -0.2) is 51.1 Å². The molecule has 4 aromatic carbocycles. The van der Waals surface area contributed by atoms with E-state index in [1.54, 1.807) is 12.1 Å². The van der Waals surface area contributed by atoms with Crippen molar-refractivity contribution in [3.8, 4) is 17.2 Å². The number of nitrogens with one attached hydrogen (secondary N) is 2. The van der Waals surface area contributed by atoms with Crippen molar-refractivity contribution in [2.75, 3.05) is 25.0 Å². The molecule has 2 N–H and O–H groups in total. The van der Waals surface area contributed by atoms with Gasteiger partial charge in [0, 0.05) is 5.69 Å². The number of nitrogens with zero attached hydrogens (tertiary/aromatic N) is 4. The second kappa shape index (κ2) is 14.8. The summed E-state index contributed by atoms with van der Waals surface area (Å²) in [6.07, 6.45) is 1.66. The van der Waals surface area contributed by atoms with Gasteiger partial charge in [-0.15, -0.1) is 10.2 Å². The molecule has 1 unspecified atom stereocenters. The molecule has 10 heteroatoms. The lowest BCUT2D eigenvalue weighted by Gasteiger charge is -2.29. The van der Waals surface area contributed by atoms with Crippen LogP contribution >= 0.6 is 11.6 Å². The molecule has 0 saturated carbocycles. The topological polar surface area (TPSA) is 105 Å². The molecule has 0 radical (unpaired) electrons. The van der Waals surface area contributed by atoms with E-state index in [4.69, 9.17) is 21.1 Å². The van der Waals surface area contributed by atoms with Crippen molar-refractivity contribution in [3.63, 3.8) is 0 Å². The summed E-state index contributed by atoms with van der Waals surface area (Å²) in [4.78, 5) is 15.3. The molecule has 0 saturated heterocycles. The number of ether oxygens (including phenoxy) is 2. The Morgan fingerprint density at radius 1 is 0.881 bits per heavy atom. The molecule has 0 aliphatic carbocycles. The van der Waals surface area contributed by atoms with E-state index in [0.717, 1.165) is 18.6 Å². The van der Waals surface area contributed by atoms with Gasteiger partial charge in [0.2, 0.25) is 5.91 Å². The van der Waals surface area contributed by atoms with Gasteiger partial charge in [-0.1, -0.05) is 77.5 Å². The lowest BCUT2D eigenvalue weighted by Crippen LogP contribution is -2.40. The predicted octanol–water partition coefficient (Wildman–Crippen LogP) is 6.34. The van der Waals surface area contributed by atoms with E-state index in [0.29, 0.717) is 34.6 Å². The number of anilines is 1. The number of aryl methyl sites for hydroxylation is 1. The number of carbonyl (C=O) groups excluding carboxylic acids is 1. The molecule has 1 atom stereocenters. The molecule has 5 aromatic rings. The van der Waals surface area contributed by atoms with E-state index in [-0.39, 0.29) is 19.1 Å². The molecule has 5 rings (SSSR count). The first-order valence-corrected chi connectivity index (χ1v) is 14.0. The molecular formula is C32H31ClN6O3. The quantitative estimate of drug-likeness (QED) is 0.157. The molecule has 0 fully saturated rings. The van der Waals surface area contributed by atoms with E-state index in [1.807, 2.05) is 89.8 Å². The van der Waals surface area contributed by atoms with Gasteiger partial charge in [-0.3, -0.25) is 9.69 Å². The number of aromatic nitrogens is 4. The van der Waals surface area contributed by atoms with Gasteiger partial charge in [0.25, 0.3) is 0 Å². The van der Waals surface area contributed by atoms with Crippen molar-refractivity contribution in [2.45, 2.75) is 18.9 Å². The Morgan fingerprint density at radius 2 is 1.57 bits per heavy atom. The highest BCUT2D eigenvalue weighted by Gasteiger charge is 2.27. The highest BCUT2D eigenvalue weighted by atomic mass is 35.5. The van der Waals surface area contributed by atoms with Crippen LogP contribution in [0.15, 0.2) is 109 Å².